The van der Waals surface area contributed by atoms with Crippen LogP contribution >= 0.6 is 0 Å². The second-order valence-electron chi connectivity index (χ2n) is 4.82. The molecule has 1 heterocycles. The molecule has 98 valence electrons. The smallest absolute Gasteiger partial charge is 0.102 e. The number of nitrogens with zero attached hydrogens (tertiary/aromatic N) is 1. The van der Waals surface area contributed by atoms with Crippen LogP contribution in [0, 0.1) is 18.3 Å². The van der Waals surface area contributed by atoms with Gasteiger partial charge in [0.2, 0.25) is 0 Å². The molecule has 0 saturated heterocycles. The standard InChI is InChI=1S/C17H15N3/c1-12-4-2-7-16(15(12)10-18)20-11-14-6-3-5-13-8-9-19-17(13)14/h2-9,19-20H,11H2,1H3. The van der Waals surface area contributed by atoms with Crippen LogP contribution in [0.3, 0.4) is 0 Å². The number of aryl methyl sites for hydroxylation is 1. The first-order valence-electron chi connectivity index (χ1n) is 6.58. The van der Waals surface area contributed by atoms with E-state index in [9.17, 15) is 5.26 Å². The molecule has 0 radical (unpaired) electrons. The molecule has 0 atom stereocenters. The first kappa shape index (κ1) is 12.3. The van der Waals surface area contributed by atoms with Crippen LogP contribution in [0.1, 0.15) is 16.7 Å². The van der Waals surface area contributed by atoms with E-state index in [1.165, 1.54) is 10.9 Å². The summed E-state index contributed by atoms with van der Waals surface area (Å²) < 4.78 is 0. The van der Waals surface area contributed by atoms with Gasteiger partial charge < -0.3 is 10.3 Å². The molecule has 3 aromatic rings. The molecule has 20 heavy (non-hydrogen) atoms. The van der Waals surface area contributed by atoms with Crippen molar-refractivity contribution in [2.45, 2.75) is 13.5 Å². The predicted octanol–water partition coefficient (Wildman–Crippen LogP) is 3.96. The Kier molecular flexibility index (Phi) is 3.14. The lowest BCUT2D eigenvalue weighted by Crippen LogP contribution is -2.02. The molecule has 3 rings (SSSR count). The van der Waals surface area contributed by atoms with Gasteiger partial charge in [0.25, 0.3) is 0 Å². The minimum absolute atomic E-state index is 0.690. The second kappa shape index (κ2) is 5.10. The highest BCUT2D eigenvalue weighted by Crippen LogP contribution is 2.21. The van der Waals surface area contributed by atoms with Gasteiger partial charge >= 0.3 is 0 Å². The first-order chi connectivity index (χ1) is 9.79. The van der Waals surface area contributed by atoms with Gasteiger partial charge in [0, 0.05) is 12.7 Å². The van der Waals surface area contributed by atoms with Crippen molar-refractivity contribution < 1.29 is 0 Å². The number of nitriles is 1. The number of rotatable bonds is 3. The van der Waals surface area contributed by atoms with Gasteiger partial charge in [-0.15, -0.1) is 0 Å². The number of aromatic amines is 1. The lowest BCUT2D eigenvalue weighted by Gasteiger charge is -2.10. The summed E-state index contributed by atoms with van der Waals surface area (Å²) in [6.07, 6.45) is 1.95. The van der Waals surface area contributed by atoms with Gasteiger partial charge in [-0.3, -0.25) is 0 Å². The van der Waals surface area contributed by atoms with Crippen molar-refractivity contribution >= 4 is 16.6 Å². The maximum atomic E-state index is 9.24. The van der Waals surface area contributed by atoms with Gasteiger partial charge in [0.1, 0.15) is 6.07 Å². The molecule has 0 aliphatic carbocycles. The molecule has 0 spiro atoms. The van der Waals surface area contributed by atoms with Gasteiger partial charge in [0.05, 0.1) is 16.8 Å². The quantitative estimate of drug-likeness (QED) is 0.749. The zero-order valence-corrected chi connectivity index (χ0v) is 11.3. The molecular weight excluding hydrogens is 246 g/mol. The molecule has 0 unspecified atom stereocenters. The highest BCUT2D eigenvalue weighted by molar-refractivity contribution is 5.82. The van der Waals surface area contributed by atoms with E-state index in [0.717, 1.165) is 16.8 Å². The third-order valence-electron chi connectivity index (χ3n) is 3.53. The lowest BCUT2D eigenvalue weighted by molar-refractivity contribution is 1.15. The maximum Gasteiger partial charge on any atom is 0.102 e. The monoisotopic (exact) mass is 261 g/mol. The third kappa shape index (κ3) is 2.12. The summed E-state index contributed by atoms with van der Waals surface area (Å²) in [7, 11) is 0. The highest BCUT2D eigenvalue weighted by atomic mass is 14.9. The van der Waals surface area contributed by atoms with Crippen LogP contribution in [0.25, 0.3) is 10.9 Å². The van der Waals surface area contributed by atoms with E-state index < -0.39 is 0 Å². The second-order valence-corrected chi connectivity index (χ2v) is 4.82. The van der Waals surface area contributed by atoms with Gasteiger partial charge in [0.15, 0.2) is 0 Å². The van der Waals surface area contributed by atoms with Gasteiger partial charge in [-0.25, -0.2) is 0 Å². The van der Waals surface area contributed by atoms with Crippen molar-refractivity contribution in [3.63, 3.8) is 0 Å². The van der Waals surface area contributed by atoms with Crippen molar-refractivity contribution in [3.05, 3.63) is 65.4 Å². The molecule has 0 aliphatic rings. The zero-order chi connectivity index (χ0) is 13.9. The van der Waals surface area contributed by atoms with Crippen molar-refractivity contribution in [1.29, 1.82) is 5.26 Å². The number of anilines is 1. The van der Waals surface area contributed by atoms with Crippen molar-refractivity contribution in [3.8, 4) is 6.07 Å². The fourth-order valence-corrected chi connectivity index (χ4v) is 2.45. The zero-order valence-electron chi connectivity index (χ0n) is 11.3. The summed E-state index contributed by atoms with van der Waals surface area (Å²) in [4.78, 5) is 3.26. The van der Waals surface area contributed by atoms with Crippen molar-refractivity contribution in [1.82, 2.24) is 4.98 Å². The van der Waals surface area contributed by atoms with Gasteiger partial charge in [-0.1, -0.05) is 30.3 Å². The summed E-state index contributed by atoms with van der Waals surface area (Å²) in [6, 6.07) is 16.4. The number of hydrogen-bond donors (Lipinski definition) is 2. The number of aromatic nitrogens is 1. The molecule has 1 aromatic heterocycles. The molecule has 0 aliphatic heterocycles. The number of para-hydroxylation sites is 1. The SMILES string of the molecule is Cc1cccc(NCc2cccc3cc[nH]c23)c1C#N. The predicted molar refractivity (Wildman–Crippen MR) is 81.5 cm³/mol. The van der Waals surface area contributed by atoms with E-state index in [0.29, 0.717) is 12.1 Å². The number of fused-ring (bicyclic) bond motifs is 1. The summed E-state index contributed by atoms with van der Waals surface area (Å²) in [5.74, 6) is 0. The molecule has 0 amide bonds. The van der Waals surface area contributed by atoms with Gasteiger partial charge in [-0.2, -0.15) is 5.26 Å². The van der Waals surface area contributed by atoms with Gasteiger partial charge in [-0.05, 0) is 35.6 Å². The lowest BCUT2D eigenvalue weighted by atomic mass is 10.1. The number of H-pyrrole nitrogens is 1. The fraction of sp³-hybridized carbons (Fsp3) is 0.118. The Hall–Kier alpha value is -2.73. The summed E-state index contributed by atoms with van der Waals surface area (Å²) in [5.41, 5.74) is 4.93. The number of benzene rings is 2. The van der Waals surface area contributed by atoms with Crippen LogP contribution in [0.4, 0.5) is 5.69 Å². The molecule has 0 fully saturated rings. The van der Waals surface area contributed by atoms with Crippen LogP contribution in [0.5, 0.6) is 0 Å². The normalized spacial score (nSPS) is 10.4. The topological polar surface area (TPSA) is 51.6 Å². The Morgan fingerprint density at radius 2 is 2.00 bits per heavy atom. The molecule has 0 saturated carbocycles. The molecule has 0 bridgehead atoms. The summed E-state index contributed by atoms with van der Waals surface area (Å²) >= 11 is 0. The largest absolute Gasteiger partial charge is 0.380 e. The summed E-state index contributed by atoms with van der Waals surface area (Å²) in [5, 5.41) is 13.8. The molecule has 3 nitrogen and oxygen atoms in total. The third-order valence-corrected chi connectivity index (χ3v) is 3.53. The van der Waals surface area contributed by atoms with E-state index in [1.807, 2.05) is 31.3 Å². The van der Waals surface area contributed by atoms with Crippen LogP contribution < -0.4 is 5.32 Å². The molecule has 3 heteroatoms. The van der Waals surface area contributed by atoms with E-state index in [1.54, 1.807) is 0 Å². The van der Waals surface area contributed by atoms with E-state index in [2.05, 4.69) is 40.6 Å². The minimum Gasteiger partial charge on any atom is -0.380 e. The average Bonchev–Trinajstić information content (AvgIpc) is 2.94. The molecule has 2 aromatic carbocycles. The average molecular weight is 261 g/mol. The van der Waals surface area contributed by atoms with E-state index in [4.69, 9.17) is 0 Å². The van der Waals surface area contributed by atoms with E-state index in [-0.39, 0.29) is 0 Å². The number of nitrogens with one attached hydrogen (secondary N) is 2. The molecule has 2 N–H and O–H groups in total. The Labute approximate surface area is 117 Å². The highest BCUT2D eigenvalue weighted by Gasteiger charge is 2.06. The Bertz CT molecular complexity index is 793. The van der Waals surface area contributed by atoms with Crippen molar-refractivity contribution in [2.75, 3.05) is 5.32 Å². The van der Waals surface area contributed by atoms with Crippen LogP contribution in [0.15, 0.2) is 48.7 Å². The van der Waals surface area contributed by atoms with E-state index >= 15 is 0 Å². The van der Waals surface area contributed by atoms with Crippen LogP contribution in [-0.4, -0.2) is 4.98 Å². The Balaban J connectivity index is 1.89. The van der Waals surface area contributed by atoms with Crippen LogP contribution in [0.2, 0.25) is 0 Å². The maximum absolute atomic E-state index is 9.24. The Morgan fingerprint density at radius 1 is 1.15 bits per heavy atom. The number of hydrogen-bond acceptors (Lipinski definition) is 2. The first-order valence-corrected chi connectivity index (χ1v) is 6.58. The Morgan fingerprint density at radius 3 is 2.85 bits per heavy atom. The van der Waals surface area contributed by atoms with Crippen molar-refractivity contribution in [2.24, 2.45) is 0 Å². The fourth-order valence-electron chi connectivity index (χ4n) is 2.45. The molecular formula is C17H15N3. The summed E-state index contributed by atoms with van der Waals surface area (Å²) in [6.45, 7) is 2.64. The van der Waals surface area contributed by atoms with Crippen LogP contribution in [-0.2, 0) is 6.54 Å². The minimum atomic E-state index is 0.690.